The second-order valence-corrected chi connectivity index (χ2v) is 7.78. The Balaban J connectivity index is 1.62. The third-order valence-electron chi connectivity index (χ3n) is 6.06. The van der Waals surface area contributed by atoms with Gasteiger partial charge in [0.15, 0.2) is 0 Å². The van der Waals surface area contributed by atoms with E-state index in [9.17, 15) is 4.79 Å². The third-order valence-corrected chi connectivity index (χ3v) is 6.06. The van der Waals surface area contributed by atoms with E-state index in [-0.39, 0.29) is 5.92 Å². The number of carbonyl (C=O) groups is 1. The lowest BCUT2D eigenvalue weighted by Crippen LogP contribution is -2.20. The molecule has 3 heterocycles. The fourth-order valence-electron chi connectivity index (χ4n) is 4.52. The third kappa shape index (κ3) is 2.68. The minimum Gasteiger partial charge on any atom is -0.382 e. The maximum Gasteiger partial charge on any atom is 0.150 e. The van der Waals surface area contributed by atoms with Crippen molar-refractivity contribution in [3.05, 3.63) is 48.5 Å². The molecule has 0 radical (unpaired) electrons. The van der Waals surface area contributed by atoms with E-state index < -0.39 is 0 Å². The van der Waals surface area contributed by atoms with E-state index in [1.165, 1.54) is 0 Å². The van der Waals surface area contributed by atoms with Crippen molar-refractivity contribution < 1.29 is 4.79 Å². The predicted octanol–water partition coefficient (Wildman–Crippen LogP) is 4.32. The van der Waals surface area contributed by atoms with Crippen LogP contribution in [-0.4, -0.2) is 25.1 Å². The summed E-state index contributed by atoms with van der Waals surface area (Å²) in [4.78, 5) is 24.5. The Kier molecular flexibility index (Phi) is 3.93. The Morgan fingerprint density at radius 3 is 2.75 bits per heavy atom. The van der Waals surface area contributed by atoms with Gasteiger partial charge in [0.25, 0.3) is 0 Å². The number of imidazole rings is 1. The number of nitrogens with zero attached hydrogens (tertiary/aromatic N) is 3. The van der Waals surface area contributed by atoms with Crippen LogP contribution in [0, 0.1) is 5.92 Å². The van der Waals surface area contributed by atoms with E-state index in [1.807, 2.05) is 18.3 Å². The number of hydrogen-bond acceptors (Lipinski definition) is 4. The van der Waals surface area contributed by atoms with Gasteiger partial charge in [-0.1, -0.05) is 18.2 Å². The van der Waals surface area contributed by atoms with Gasteiger partial charge in [-0.15, -0.1) is 0 Å². The standard InChI is InChI=1S/C22H23N5O/c1-13(28)14-6-8-15(9-7-14)22-26-19(20-21(23)24-10-11-27(20)22)18-12-16-4-2-3-5-17(16)25-18/h2-5,10-12,14-15,25H,6-9H2,1H3,(H2,23,24). The highest BCUT2D eigenvalue weighted by Gasteiger charge is 2.29. The second kappa shape index (κ2) is 6.48. The zero-order valence-electron chi connectivity index (χ0n) is 15.9. The first-order chi connectivity index (χ1) is 13.6. The number of rotatable bonds is 3. The van der Waals surface area contributed by atoms with Crippen molar-refractivity contribution in [1.29, 1.82) is 0 Å². The summed E-state index contributed by atoms with van der Waals surface area (Å²) in [6.45, 7) is 1.70. The fourth-order valence-corrected chi connectivity index (χ4v) is 4.52. The maximum absolute atomic E-state index is 11.7. The van der Waals surface area contributed by atoms with Gasteiger partial charge < -0.3 is 10.7 Å². The largest absolute Gasteiger partial charge is 0.382 e. The highest BCUT2D eigenvalue weighted by Crippen LogP contribution is 2.39. The van der Waals surface area contributed by atoms with Gasteiger partial charge in [-0.05, 0) is 44.7 Å². The monoisotopic (exact) mass is 373 g/mol. The highest BCUT2D eigenvalue weighted by molar-refractivity contribution is 5.91. The molecule has 0 atom stereocenters. The van der Waals surface area contributed by atoms with Gasteiger partial charge in [-0.25, -0.2) is 9.97 Å². The highest BCUT2D eigenvalue weighted by atomic mass is 16.1. The molecule has 28 heavy (non-hydrogen) atoms. The number of anilines is 1. The van der Waals surface area contributed by atoms with Gasteiger partial charge in [0.1, 0.15) is 28.6 Å². The number of aromatic amines is 1. The average Bonchev–Trinajstić information content (AvgIpc) is 3.30. The van der Waals surface area contributed by atoms with Crippen LogP contribution in [0.25, 0.3) is 27.8 Å². The van der Waals surface area contributed by atoms with Gasteiger partial charge >= 0.3 is 0 Å². The van der Waals surface area contributed by atoms with Crippen LogP contribution < -0.4 is 5.73 Å². The number of hydrogen-bond donors (Lipinski definition) is 2. The van der Waals surface area contributed by atoms with Gasteiger partial charge in [0.2, 0.25) is 0 Å². The van der Waals surface area contributed by atoms with Gasteiger partial charge in [0.05, 0.1) is 5.69 Å². The normalized spacial score (nSPS) is 20.0. The number of aromatic nitrogens is 4. The Bertz CT molecular complexity index is 1150. The van der Waals surface area contributed by atoms with E-state index in [0.29, 0.717) is 17.5 Å². The summed E-state index contributed by atoms with van der Waals surface area (Å²) in [6, 6.07) is 10.3. The van der Waals surface area contributed by atoms with E-state index in [2.05, 4.69) is 32.6 Å². The zero-order chi connectivity index (χ0) is 19.3. The van der Waals surface area contributed by atoms with Crippen LogP contribution >= 0.6 is 0 Å². The number of benzene rings is 1. The van der Waals surface area contributed by atoms with Crippen LogP contribution in [0.1, 0.15) is 44.3 Å². The topological polar surface area (TPSA) is 89.1 Å². The molecular weight excluding hydrogens is 350 g/mol. The molecule has 4 aromatic rings. The average molecular weight is 373 g/mol. The summed E-state index contributed by atoms with van der Waals surface area (Å²) < 4.78 is 2.09. The number of fused-ring (bicyclic) bond motifs is 2. The molecule has 3 N–H and O–H groups in total. The van der Waals surface area contributed by atoms with E-state index in [4.69, 9.17) is 10.7 Å². The molecule has 6 heteroatoms. The van der Waals surface area contributed by atoms with Gasteiger partial charge in [0, 0.05) is 35.1 Å². The number of carbonyl (C=O) groups excluding carboxylic acids is 1. The summed E-state index contributed by atoms with van der Waals surface area (Å²) >= 11 is 0. The Hall–Kier alpha value is -3.15. The number of nitrogens with one attached hydrogen (secondary N) is 1. The Morgan fingerprint density at radius 1 is 1.21 bits per heavy atom. The zero-order valence-corrected chi connectivity index (χ0v) is 15.9. The number of ketones is 1. The van der Waals surface area contributed by atoms with Crippen molar-refractivity contribution in [1.82, 2.24) is 19.4 Å². The van der Waals surface area contributed by atoms with E-state index >= 15 is 0 Å². The molecule has 1 aromatic carbocycles. The Morgan fingerprint density at radius 2 is 2.00 bits per heavy atom. The molecule has 1 fully saturated rings. The molecule has 0 bridgehead atoms. The fraction of sp³-hybridized carbons (Fsp3) is 0.318. The lowest BCUT2D eigenvalue weighted by atomic mass is 9.80. The summed E-state index contributed by atoms with van der Waals surface area (Å²) in [5.74, 6) is 2.32. The molecule has 0 spiro atoms. The molecule has 0 saturated heterocycles. The lowest BCUT2D eigenvalue weighted by molar-refractivity contribution is -0.121. The molecule has 0 aliphatic heterocycles. The molecule has 1 saturated carbocycles. The molecule has 0 unspecified atom stereocenters. The minimum absolute atomic E-state index is 0.197. The molecule has 0 amide bonds. The molecule has 5 rings (SSSR count). The quantitative estimate of drug-likeness (QED) is 0.559. The van der Waals surface area contributed by atoms with Gasteiger partial charge in [-0.2, -0.15) is 0 Å². The van der Waals surface area contributed by atoms with Crippen LogP contribution in [0.2, 0.25) is 0 Å². The van der Waals surface area contributed by atoms with Crippen molar-refractivity contribution in [2.24, 2.45) is 5.92 Å². The van der Waals surface area contributed by atoms with Crippen LogP contribution in [-0.2, 0) is 4.79 Å². The predicted molar refractivity (Wildman–Crippen MR) is 110 cm³/mol. The summed E-state index contributed by atoms with van der Waals surface area (Å²) in [6.07, 6.45) is 7.46. The van der Waals surface area contributed by atoms with Crippen LogP contribution in [0.4, 0.5) is 5.82 Å². The maximum atomic E-state index is 11.7. The molecule has 6 nitrogen and oxygen atoms in total. The van der Waals surface area contributed by atoms with E-state index in [1.54, 1.807) is 13.1 Å². The number of nitrogens with two attached hydrogens (primary N) is 1. The van der Waals surface area contributed by atoms with Crippen LogP contribution in [0.15, 0.2) is 42.7 Å². The number of nitrogen functional groups attached to an aromatic ring is 1. The first-order valence-corrected chi connectivity index (χ1v) is 9.83. The first kappa shape index (κ1) is 17.0. The van der Waals surface area contributed by atoms with Crippen molar-refractivity contribution in [2.45, 2.75) is 38.5 Å². The Labute approximate surface area is 162 Å². The molecular formula is C22H23N5O. The molecule has 1 aliphatic rings. The summed E-state index contributed by atoms with van der Waals surface area (Å²) in [5.41, 5.74) is 9.97. The summed E-state index contributed by atoms with van der Waals surface area (Å²) in [5, 5.41) is 1.14. The minimum atomic E-state index is 0.197. The molecule has 142 valence electrons. The SMILES string of the molecule is CC(=O)C1CCC(c2nc(-c3cc4ccccc4[nH]3)c3c(N)nccn23)CC1. The van der Waals surface area contributed by atoms with E-state index in [0.717, 1.165) is 59.3 Å². The van der Waals surface area contributed by atoms with Gasteiger partial charge in [-0.3, -0.25) is 9.20 Å². The summed E-state index contributed by atoms with van der Waals surface area (Å²) in [7, 11) is 0. The number of para-hydroxylation sites is 1. The van der Waals surface area contributed by atoms with Crippen molar-refractivity contribution in [3.63, 3.8) is 0 Å². The smallest absolute Gasteiger partial charge is 0.150 e. The second-order valence-electron chi connectivity index (χ2n) is 7.78. The first-order valence-electron chi connectivity index (χ1n) is 9.83. The van der Waals surface area contributed by atoms with Crippen molar-refractivity contribution in [2.75, 3.05) is 5.73 Å². The molecule has 3 aromatic heterocycles. The van der Waals surface area contributed by atoms with Crippen LogP contribution in [0.5, 0.6) is 0 Å². The van der Waals surface area contributed by atoms with Crippen molar-refractivity contribution >= 4 is 28.0 Å². The lowest BCUT2D eigenvalue weighted by Gasteiger charge is -2.26. The van der Waals surface area contributed by atoms with Crippen LogP contribution in [0.3, 0.4) is 0 Å². The number of Topliss-reactive ketones (excluding diaryl/α,β-unsaturated/α-hetero) is 1. The number of H-pyrrole nitrogens is 1. The molecule has 1 aliphatic carbocycles. The van der Waals surface area contributed by atoms with Crippen molar-refractivity contribution in [3.8, 4) is 11.4 Å².